The standard InChI is InChI=1S/C16H14FIN2O/c17-11-3-6-14(13(18)9-11)20-15(21)16(7-8-16)10-1-4-12(19)5-2-10/h1-6,9H,7-8,19H2,(H,20,21). The van der Waals surface area contributed by atoms with Crippen LogP contribution in [-0.2, 0) is 10.2 Å². The van der Waals surface area contributed by atoms with E-state index < -0.39 is 5.41 Å². The number of hydrogen-bond donors (Lipinski definition) is 2. The van der Waals surface area contributed by atoms with E-state index in [-0.39, 0.29) is 11.7 Å². The highest BCUT2D eigenvalue weighted by atomic mass is 127. The Labute approximate surface area is 135 Å². The highest BCUT2D eigenvalue weighted by Crippen LogP contribution is 2.49. The number of nitrogens with two attached hydrogens (primary N) is 1. The Morgan fingerprint density at radius 2 is 1.86 bits per heavy atom. The number of anilines is 2. The fourth-order valence-corrected chi connectivity index (χ4v) is 3.02. The van der Waals surface area contributed by atoms with Gasteiger partial charge in [-0.3, -0.25) is 4.79 Å². The normalized spacial score (nSPS) is 15.5. The van der Waals surface area contributed by atoms with Crippen molar-refractivity contribution in [2.75, 3.05) is 11.1 Å². The molecule has 5 heteroatoms. The number of carbonyl (C=O) groups excluding carboxylic acids is 1. The smallest absolute Gasteiger partial charge is 0.235 e. The van der Waals surface area contributed by atoms with E-state index >= 15 is 0 Å². The molecule has 1 saturated carbocycles. The number of halogens is 2. The lowest BCUT2D eigenvalue weighted by Crippen LogP contribution is -2.28. The minimum Gasteiger partial charge on any atom is -0.399 e. The van der Waals surface area contributed by atoms with E-state index in [0.29, 0.717) is 14.9 Å². The predicted molar refractivity (Wildman–Crippen MR) is 89.5 cm³/mol. The van der Waals surface area contributed by atoms with E-state index in [1.165, 1.54) is 12.1 Å². The van der Waals surface area contributed by atoms with Crippen molar-refractivity contribution in [3.05, 3.63) is 57.4 Å². The van der Waals surface area contributed by atoms with Crippen molar-refractivity contribution in [3.8, 4) is 0 Å². The molecule has 3 N–H and O–H groups in total. The summed E-state index contributed by atoms with van der Waals surface area (Å²) in [6.45, 7) is 0. The van der Waals surface area contributed by atoms with Crippen molar-refractivity contribution >= 4 is 39.9 Å². The fraction of sp³-hybridized carbons (Fsp3) is 0.188. The zero-order chi connectivity index (χ0) is 15.0. The van der Waals surface area contributed by atoms with Crippen molar-refractivity contribution in [2.24, 2.45) is 0 Å². The summed E-state index contributed by atoms with van der Waals surface area (Å²) in [6.07, 6.45) is 1.64. The van der Waals surface area contributed by atoms with Gasteiger partial charge in [0.15, 0.2) is 0 Å². The lowest BCUT2D eigenvalue weighted by atomic mass is 9.94. The van der Waals surface area contributed by atoms with Crippen LogP contribution in [0.15, 0.2) is 42.5 Å². The van der Waals surface area contributed by atoms with Crippen molar-refractivity contribution < 1.29 is 9.18 Å². The van der Waals surface area contributed by atoms with Crippen molar-refractivity contribution in [3.63, 3.8) is 0 Å². The van der Waals surface area contributed by atoms with Gasteiger partial charge in [0.1, 0.15) is 5.82 Å². The number of rotatable bonds is 3. The summed E-state index contributed by atoms with van der Waals surface area (Å²) in [6, 6.07) is 11.8. The molecule has 0 aliphatic heterocycles. The summed E-state index contributed by atoms with van der Waals surface area (Å²) in [5, 5.41) is 2.91. The lowest BCUT2D eigenvalue weighted by molar-refractivity contribution is -0.118. The fourth-order valence-electron chi connectivity index (χ4n) is 2.41. The molecular formula is C16H14FIN2O. The molecule has 1 fully saturated rings. The van der Waals surface area contributed by atoms with E-state index in [4.69, 9.17) is 5.73 Å². The van der Waals surface area contributed by atoms with Gasteiger partial charge in [-0.2, -0.15) is 0 Å². The van der Waals surface area contributed by atoms with Gasteiger partial charge in [0.2, 0.25) is 5.91 Å². The van der Waals surface area contributed by atoms with Gasteiger partial charge in [-0.1, -0.05) is 12.1 Å². The highest BCUT2D eigenvalue weighted by Gasteiger charge is 2.51. The third kappa shape index (κ3) is 2.74. The maximum absolute atomic E-state index is 13.1. The molecule has 1 aliphatic carbocycles. The molecule has 21 heavy (non-hydrogen) atoms. The maximum Gasteiger partial charge on any atom is 0.235 e. The van der Waals surface area contributed by atoms with E-state index in [0.717, 1.165) is 18.4 Å². The largest absolute Gasteiger partial charge is 0.399 e. The molecule has 0 radical (unpaired) electrons. The lowest BCUT2D eigenvalue weighted by Gasteiger charge is -2.16. The molecule has 1 amide bonds. The molecule has 0 heterocycles. The third-order valence-electron chi connectivity index (χ3n) is 3.83. The van der Waals surface area contributed by atoms with Gasteiger partial charge >= 0.3 is 0 Å². The van der Waals surface area contributed by atoms with Gasteiger partial charge in [-0.25, -0.2) is 4.39 Å². The van der Waals surface area contributed by atoms with Gasteiger partial charge in [-0.15, -0.1) is 0 Å². The zero-order valence-electron chi connectivity index (χ0n) is 11.2. The van der Waals surface area contributed by atoms with Crippen LogP contribution >= 0.6 is 22.6 Å². The number of nitrogens with one attached hydrogen (secondary N) is 1. The molecule has 0 saturated heterocycles. The molecule has 0 unspecified atom stereocenters. The van der Waals surface area contributed by atoms with E-state index in [1.54, 1.807) is 6.07 Å². The minimum atomic E-state index is -0.467. The molecule has 0 atom stereocenters. The molecule has 2 aromatic rings. The molecule has 0 aromatic heterocycles. The van der Waals surface area contributed by atoms with Gasteiger partial charge in [0.25, 0.3) is 0 Å². The van der Waals surface area contributed by atoms with E-state index in [9.17, 15) is 9.18 Å². The Kier molecular flexibility index (Phi) is 3.61. The Morgan fingerprint density at radius 1 is 1.19 bits per heavy atom. The van der Waals surface area contributed by atoms with Crippen molar-refractivity contribution in [1.82, 2.24) is 0 Å². The summed E-state index contributed by atoms with van der Waals surface area (Å²) < 4.78 is 13.8. The first-order chi connectivity index (χ1) is 10.0. The number of amides is 1. The predicted octanol–water partition coefficient (Wildman–Crippen LogP) is 3.68. The average molecular weight is 396 g/mol. The van der Waals surface area contributed by atoms with Crippen LogP contribution in [0.1, 0.15) is 18.4 Å². The first-order valence-electron chi connectivity index (χ1n) is 6.64. The first kappa shape index (κ1) is 14.3. The molecule has 3 rings (SSSR count). The van der Waals surface area contributed by atoms with Gasteiger partial charge in [0, 0.05) is 9.26 Å². The summed E-state index contributed by atoms with van der Waals surface area (Å²) in [5.74, 6) is -0.353. The number of benzene rings is 2. The highest BCUT2D eigenvalue weighted by molar-refractivity contribution is 14.1. The van der Waals surface area contributed by atoms with Crippen LogP contribution in [0.4, 0.5) is 15.8 Å². The molecule has 108 valence electrons. The third-order valence-corrected chi connectivity index (χ3v) is 4.72. The summed E-state index contributed by atoms with van der Waals surface area (Å²) in [7, 11) is 0. The second-order valence-corrected chi connectivity index (χ2v) is 6.44. The Hall–Kier alpha value is -1.63. The minimum absolute atomic E-state index is 0.0446. The Morgan fingerprint density at radius 3 is 2.43 bits per heavy atom. The van der Waals surface area contributed by atoms with Crippen LogP contribution in [0.3, 0.4) is 0 Å². The average Bonchev–Trinajstić information content (AvgIpc) is 3.24. The summed E-state index contributed by atoms with van der Waals surface area (Å²) in [4.78, 5) is 12.6. The Balaban J connectivity index is 1.83. The zero-order valence-corrected chi connectivity index (χ0v) is 13.4. The number of hydrogen-bond acceptors (Lipinski definition) is 2. The molecule has 0 spiro atoms. The van der Waals surface area contributed by atoms with Crippen LogP contribution < -0.4 is 11.1 Å². The summed E-state index contributed by atoms with van der Waals surface area (Å²) >= 11 is 2.02. The quantitative estimate of drug-likeness (QED) is 0.615. The van der Waals surface area contributed by atoms with Crippen LogP contribution in [0.25, 0.3) is 0 Å². The maximum atomic E-state index is 13.1. The van der Waals surface area contributed by atoms with Gasteiger partial charge in [0.05, 0.1) is 11.1 Å². The van der Waals surface area contributed by atoms with E-state index in [1.807, 2.05) is 46.9 Å². The SMILES string of the molecule is Nc1ccc(C2(C(=O)Nc3ccc(F)cc3I)CC2)cc1. The molecule has 1 aliphatic rings. The molecule has 0 bridgehead atoms. The van der Waals surface area contributed by atoms with Crippen LogP contribution in [-0.4, -0.2) is 5.91 Å². The van der Waals surface area contributed by atoms with Gasteiger partial charge < -0.3 is 11.1 Å². The van der Waals surface area contributed by atoms with E-state index in [2.05, 4.69) is 5.32 Å². The topological polar surface area (TPSA) is 55.1 Å². The molecule has 3 nitrogen and oxygen atoms in total. The van der Waals surface area contributed by atoms with Crippen molar-refractivity contribution in [1.29, 1.82) is 0 Å². The van der Waals surface area contributed by atoms with Crippen LogP contribution in [0, 0.1) is 9.39 Å². The van der Waals surface area contributed by atoms with Crippen molar-refractivity contribution in [2.45, 2.75) is 18.3 Å². The second kappa shape index (κ2) is 5.29. The number of nitrogen functional groups attached to an aromatic ring is 1. The first-order valence-corrected chi connectivity index (χ1v) is 7.72. The second-order valence-electron chi connectivity index (χ2n) is 5.28. The Bertz CT molecular complexity index is 696. The molecular weight excluding hydrogens is 382 g/mol. The van der Waals surface area contributed by atoms with Crippen LogP contribution in [0.2, 0.25) is 0 Å². The van der Waals surface area contributed by atoms with Crippen LogP contribution in [0.5, 0.6) is 0 Å². The van der Waals surface area contributed by atoms with Gasteiger partial charge in [-0.05, 0) is 71.3 Å². The monoisotopic (exact) mass is 396 g/mol. The number of carbonyl (C=O) groups is 1. The molecule has 2 aromatic carbocycles. The summed E-state index contributed by atoms with van der Waals surface area (Å²) in [5.41, 5.74) is 7.52.